The van der Waals surface area contributed by atoms with E-state index in [1.165, 1.54) is 5.56 Å². The second-order valence-corrected chi connectivity index (χ2v) is 4.66. The summed E-state index contributed by atoms with van der Waals surface area (Å²) in [5.41, 5.74) is 11.2. The molecule has 18 heavy (non-hydrogen) atoms. The van der Waals surface area contributed by atoms with Crippen molar-refractivity contribution in [3.05, 3.63) is 53.7 Å². The van der Waals surface area contributed by atoms with E-state index in [-0.39, 0.29) is 0 Å². The highest BCUT2D eigenvalue weighted by atomic mass is 15.3. The normalized spacial score (nSPS) is 11.0. The van der Waals surface area contributed by atoms with Gasteiger partial charge in [-0.3, -0.25) is 0 Å². The summed E-state index contributed by atoms with van der Waals surface area (Å²) < 4.78 is 1.93. The largest absolute Gasteiger partial charge is 0.398 e. The van der Waals surface area contributed by atoms with Gasteiger partial charge in [0.05, 0.1) is 17.4 Å². The maximum absolute atomic E-state index is 5.98. The van der Waals surface area contributed by atoms with Gasteiger partial charge < -0.3 is 5.73 Å². The third-order valence-corrected chi connectivity index (χ3v) is 3.20. The van der Waals surface area contributed by atoms with E-state index in [2.05, 4.69) is 36.3 Å². The van der Waals surface area contributed by atoms with Crippen LogP contribution in [0.3, 0.4) is 0 Å². The van der Waals surface area contributed by atoms with Crippen molar-refractivity contribution in [1.29, 1.82) is 0 Å². The molecule has 3 heteroatoms. The first-order chi connectivity index (χ1) is 8.65. The molecule has 1 heterocycles. The molecule has 2 N–H and O–H groups in total. The Kier molecular flexibility index (Phi) is 2.33. The second kappa shape index (κ2) is 3.88. The first-order valence-electron chi connectivity index (χ1n) is 5.96. The molecule has 0 aliphatic heterocycles. The second-order valence-electron chi connectivity index (χ2n) is 4.66. The van der Waals surface area contributed by atoms with Crippen LogP contribution in [0.4, 0.5) is 5.69 Å². The fourth-order valence-electron chi connectivity index (χ4n) is 2.17. The predicted molar refractivity (Wildman–Crippen MR) is 75.0 cm³/mol. The summed E-state index contributed by atoms with van der Waals surface area (Å²) >= 11 is 0. The van der Waals surface area contributed by atoms with Crippen LogP contribution in [0.2, 0.25) is 0 Å². The number of hydrogen-bond donors (Lipinski definition) is 1. The van der Waals surface area contributed by atoms with Crippen molar-refractivity contribution in [3.8, 4) is 5.69 Å². The lowest BCUT2D eigenvalue weighted by atomic mass is 10.1. The minimum Gasteiger partial charge on any atom is -0.398 e. The van der Waals surface area contributed by atoms with E-state index in [0.717, 1.165) is 27.8 Å². The molecule has 3 nitrogen and oxygen atoms in total. The van der Waals surface area contributed by atoms with Crippen LogP contribution >= 0.6 is 0 Å². The zero-order chi connectivity index (χ0) is 12.7. The lowest BCUT2D eigenvalue weighted by Gasteiger charge is -2.06. The number of anilines is 1. The van der Waals surface area contributed by atoms with E-state index in [4.69, 9.17) is 5.73 Å². The molecule has 90 valence electrons. The molecule has 0 radical (unpaired) electrons. The topological polar surface area (TPSA) is 43.8 Å². The minimum absolute atomic E-state index is 0.803. The van der Waals surface area contributed by atoms with Crippen molar-refractivity contribution in [2.24, 2.45) is 0 Å². The molecule has 1 aromatic heterocycles. The number of nitrogen functional groups attached to an aromatic ring is 1. The Bertz CT molecular complexity index is 726. The van der Waals surface area contributed by atoms with Crippen molar-refractivity contribution >= 4 is 16.6 Å². The molecule has 0 bridgehead atoms. The zero-order valence-electron chi connectivity index (χ0n) is 10.5. The summed E-state index contributed by atoms with van der Waals surface area (Å²) in [5.74, 6) is 0. The van der Waals surface area contributed by atoms with E-state index >= 15 is 0 Å². The summed E-state index contributed by atoms with van der Waals surface area (Å²) in [6, 6.07) is 12.3. The van der Waals surface area contributed by atoms with Gasteiger partial charge in [0, 0.05) is 11.1 Å². The first kappa shape index (κ1) is 10.8. The minimum atomic E-state index is 0.803. The molecule has 0 aliphatic carbocycles. The monoisotopic (exact) mass is 237 g/mol. The summed E-state index contributed by atoms with van der Waals surface area (Å²) in [7, 11) is 0. The highest BCUT2D eigenvalue weighted by molar-refractivity contribution is 5.84. The Labute approximate surface area is 106 Å². The third kappa shape index (κ3) is 1.64. The third-order valence-electron chi connectivity index (χ3n) is 3.20. The summed E-state index contributed by atoms with van der Waals surface area (Å²) in [5, 5.41) is 5.56. The molecule has 3 rings (SSSR count). The number of aromatic nitrogens is 2. The lowest BCUT2D eigenvalue weighted by molar-refractivity contribution is 0.909. The number of nitrogens with two attached hydrogens (primary N) is 1. The molecule has 0 saturated heterocycles. The van der Waals surface area contributed by atoms with E-state index in [9.17, 15) is 0 Å². The standard InChI is InChI=1S/C15H15N3/c1-10-4-3-5-13(6-10)18-15-8-14(16)11(2)7-12(15)9-17-18/h3-9H,16H2,1-2H3. The molecule has 0 aliphatic rings. The van der Waals surface area contributed by atoms with E-state index in [1.807, 2.05) is 29.9 Å². The number of hydrogen-bond acceptors (Lipinski definition) is 2. The maximum atomic E-state index is 5.98. The number of nitrogens with zero attached hydrogens (tertiary/aromatic N) is 2. The predicted octanol–water partition coefficient (Wildman–Crippen LogP) is 3.22. The number of fused-ring (bicyclic) bond motifs is 1. The van der Waals surface area contributed by atoms with E-state index in [0.29, 0.717) is 0 Å². The molecule has 0 unspecified atom stereocenters. The van der Waals surface area contributed by atoms with Gasteiger partial charge in [-0.05, 0) is 49.2 Å². The Balaban J connectivity index is 2.27. The van der Waals surface area contributed by atoms with Gasteiger partial charge in [-0.25, -0.2) is 4.68 Å². The fourth-order valence-corrected chi connectivity index (χ4v) is 2.17. The van der Waals surface area contributed by atoms with Crippen molar-refractivity contribution in [2.75, 3.05) is 5.73 Å². The van der Waals surface area contributed by atoms with E-state index in [1.54, 1.807) is 0 Å². The van der Waals surface area contributed by atoms with Crippen LogP contribution in [0.1, 0.15) is 11.1 Å². The van der Waals surface area contributed by atoms with Crippen LogP contribution in [0.15, 0.2) is 42.6 Å². The first-order valence-corrected chi connectivity index (χ1v) is 5.96. The van der Waals surface area contributed by atoms with Gasteiger partial charge in [-0.15, -0.1) is 0 Å². The fraction of sp³-hybridized carbons (Fsp3) is 0.133. The average Bonchev–Trinajstić information content (AvgIpc) is 2.73. The van der Waals surface area contributed by atoms with Crippen molar-refractivity contribution < 1.29 is 0 Å². The van der Waals surface area contributed by atoms with Crippen molar-refractivity contribution in [3.63, 3.8) is 0 Å². The van der Waals surface area contributed by atoms with Crippen molar-refractivity contribution in [2.45, 2.75) is 13.8 Å². The highest BCUT2D eigenvalue weighted by Gasteiger charge is 2.07. The van der Waals surface area contributed by atoms with Gasteiger partial charge in [0.15, 0.2) is 0 Å². The average molecular weight is 237 g/mol. The van der Waals surface area contributed by atoms with Gasteiger partial charge in [-0.2, -0.15) is 5.10 Å². The molecule has 0 atom stereocenters. The molecular formula is C15H15N3. The van der Waals surface area contributed by atoms with E-state index < -0.39 is 0 Å². The zero-order valence-corrected chi connectivity index (χ0v) is 10.5. The molecule has 0 saturated carbocycles. The summed E-state index contributed by atoms with van der Waals surface area (Å²) in [6.07, 6.45) is 1.88. The molecule has 3 aromatic rings. The van der Waals surface area contributed by atoms with Crippen LogP contribution in [0, 0.1) is 13.8 Å². The highest BCUT2D eigenvalue weighted by Crippen LogP contribution is 2.23. The number of aryl methyl sites for hydroxylation is 2. The van der Waals surface area contributed by atoms with Crippen LogP contribution in [-0.2, 0) is 0 Å². The Hall–Kier alpha value is -2.29. The lowest BCUT2D eigenvalue weighted by Crippen LogP contribution is -1.97. The molecular weight excluding hydrogens is 222 g/mol. The Morgan fingerprint density at radius 2 is 1.94 bits per heavy atom. The van der Waals surface area contributed by atoms with Gasteiger partial charge in [-0.1, -0.05) is 12.1 Å². The van der Waals surface area contributed by atoms with Gasteiger partial charge in [0.1, 0.15) is 0 Å². The smallest absolute Gasteiger partial charge is 0.0761 e. The SMILES string of the molecule is Cc1cccc(-n2ncc3cc(C)c(N)cc32)c1. The number of rotatable bonds is 1. The summed E-state index contributed by atoms with van der Waals surface area (Å²) in [4.78, 5) is 0. The van der Waals surface area contributed by atoms with Crippen LogP contribution in [0.5, 0.6) is 0 Å². The Morgan fingerprint density at radius 3 is 2.72 bits per heavy atom. The maximum Gasteiger partial charge on any atom is 0.0761 e. The quantitative estimate of drug-likeness (QED) is 0.660. The van der Waals surface area contributed by atoms with Crippen molar-refractivity contribution in [1.82, 2.24) is 9.78 Å². The van der Waals surface area contributed by atoms with Crippen LogP contribution < -0.4 is 5.73 Å². The van der Waals surface area contributed by atoms with Crippen LogP contribution in [0.25, 0.3) is 16.6 Å². The number of benzene rings is 2. The van der Waals surface area contributed by atoms with Gasteiger partial charge in [0.25, 0.3) is 0 Å². The van der Waals surface area contributed by atoms with Crippen LogP contribution in [-0.4, -0.2) is 9.78 Å². The summed E-state index contributed by atoms with van der Waals surface area (Å²) in [6.45, 7) is 4.09. The van der Waals surface area contributed by atoms with Gasteiger partial charge in [0.2, 0.25) is 0 Å². The van der Waals surface area contributed by atoms with Gasteiger partial charge >= 0.3 is 0 Å². The Morgan fingerprint density at radius 1 is 1.11 bits per heavy atom. The molecule has 0 amide bonds. The molecule has 0 spiro atoms. The molecule has 2 aromatic carbocycles. The molecule has 0 fully saturated rings.